The van der Waals surface area contributed by atoms with Crippen molar-refractivity contribution in [1.82, 2.24) is 9.78 Å². The number of thioether (sulfide) groups is 1. The normalized spacial score (nSPS) is 12.5. The maximum absolute atomic E-state index is 11.7. The molecule has 1 aromatic rings. The maximum Gasteiger partial charge on any atom is 0.287 e. The molecule has 1 aromatic heterocycles. The molecule has 1 rings (SSSR count). The van der Waals surface area contributed by atoms with Crippen LogP contribution in [-0.2, 0) is 6.54 Å². The van der Waals surface area contributed by atoms with Gasteiger partial charge in [0.15, 0.2) is 0 Å². The fraction of sp³-hybridized carbons (Fsp3) is 0.600. The van der Waals surface area contributed by atoms with Crippen LogP contribution in [0.4, 0.5) is 5.69 Å². The summed E-state index contributed by atoms with van der Waals surface area (Å²) in [7, 11) is 0. The average Bonchev–Trinajstić information content (AvgIpc) is 2.25. The van der Waals surface area contributed by atoms with Crippen LogP contribution in [0, 0.1) is 0 Å². The molecule has 0 aliphatic rings. The predicted octanol–water partition coefficient (Wildman–Crippen LogP) is 2.08. The molecule has 0 fully saturated rings. The number of rotatable bonds is 5. The quantitative estimate of drug-likeness (QED) is 0.882. The van der Waals surface area contributed by atoms with Crippen molar-refractivity contribution in [3.63, 3.8) is 0 Å². The molecule has 0 aliphatic heterocycles. The van der Waals surface area contributed by atoms with Crippen molar-refractivity contribution in [3.05, 3.63) is 21.6 Å². The zero-order chi connectivity index (χ0) is 12.1. The van der Waals surface area contributed by atoms with E-state index in [9.17, 15) is 4.79 Å². The van der Waals surface area contributed by atoms with E-state index in [1.54, 1.807) is 18.0 Å². The first kappa shape index (κ1) is 13.4. The van der Waals surface area contributed by atoms with Gasteiger partial charge in [-0.15, -0.1) is 0 Å². The molecule has 0 amide bonds. The molecule has 4 nitrogen and oxygen atoms in total. The monoisotopic (exact) mass is 261 g/mol. The zero-order valence-electron chi connectivity index (χ0n) is 9.66. The van der Waals surface area contributed by atoms with Crippen LogP contribution in [0.5, 0.6) is 0 Å². The molecule has 90 valence electrons. The fourth-order valence-electron chi connectivity index (χ4n) is 1.35. The molecular formula is C10H16ClN3OS. The summed E-state index contributed by atoms with van der Waals surface area (Å²) in [4.78, 5) is 11.7. The van der Waals surface area contributed by atoms with Crippen molar-refractivity contribution in [1.29, 1.82) is 0 Å². The zero-order valence-corrected chi connectivity index (χ0v) is 11.2. The van der Waals surface area contributed by atoms with Crippen molar-refractivity contribution in [2.24, 2.45) is 0 Å². The lowest BCUT2D eigenvalue weighted by Gasteiger charge is -2.15. The number of hydrogen-bond donors (Lipinski definition) is 1. The number of aryl methyl sites for hydroxylation is 1. The minimum absolute atomic E-state index is 0.213. The summed E-state index contributed by atoms with van der Waals surface area (Å²) in [6, 6.07) is 0.256. The van der Waals surface area contributed by atoms with Gasteiger partial charge < -0.3 is 5.32 Å². The molecule has 1 heterocycles. The van der Waals surface area contributed by atoms with Gasteiger partial charge in [-0.3, -0.25) is 4.79 Å². The van der Waals surface area contributed by atoms with E-state index in [4.69, 9.17) is 11.6 Å². The molecule has 0 saturated heterocycles. The second-order valence-corrected chi connectivity index (χ2v) is 4.78. The Kier molecular flexibility index (Phi) is 5.15. The Morgan fingerprint density at radius 1 is 1.69 bits per heavy atom. The van der Waals surface area contributed by atoms with Crippen LogP contribution in [0.3, 0.4) is 0 Å². The molecule has 0 radical (unpaired) electrons. The Morgan fingerprint density at radius 2 is 2.38 bits per heavy atom. The van der Waals surface area contributed by atoms with Crippen LogP contribution in [0.15, 0.2) is 11.0 Å². The van der Waals surface area contributed by atoms with Crippen LogP contribution >= 0.6 is 23.4 Å². The number of halogens is 1. The average molecular weight is 262 g/mol. The Labute approximate surface area is 104 Å². The summed E-state index contributed by atoms with van der Waals surface area (Å²) in [5, 5.41) is 7.41. The van der Waals surface area contributed by atoms with E-state index in [0.717, 1.165) is 5.75 Å². The summed E-state index contributed by atoms with van der Waals surface area (Å²) in [6.45, 7) is 4.42. The van der Waals surface area contributed by atoms with Crippen LogP contribution in [0.2, 0.25) is 5.02 Å². The lowest BCUT2D eigenvalue weighted by Crippen LogP contribution is -2.25. The summed E-state index contributed by atoms with van der Waals surface area (Å²) >= 11 is 7.72. The SMILES string of the molecule is CCn1ncc(NC(C)CSC)c(Cl)c1=O. The summed E-state index contributed by atoms with van der Waals surface area (Å²) in [6.07, 6.45) is 3.64. The van der Waals surface area contributed by atoms with Crippen LogP contribution < -0.4 is 10.9 Å². The molecular weight excluding hydrogens is 246 g/mol. The van der Waals surface area contributed by atoms with Gasteiger partial charge >= 0.3 is 0 Å². The van der Waals surface area contributed by atoms with Crippen molar-refractivity contribution in [3.8, 4) is 0 Å². The third kappa shape index (κ3) is 3.15. The Hall–Kier alpha value is -0.680. The van der Waals surface area contributed by atoms with E-state index in [0.29, 0.717) is 12.2 Å². The van der Waals surface area contributed by atoms with Gasteiger partial charge in [-0.1, -0.05) is 11.6 Å². The summed E-state index contributed by atoms with van der Waals surface area (Å²) in [5.41, 5.74) is 0.364. The number of hydrogen-bond acceptors (Lipinski definition) is 4. The van der Waals surface area contributed by atoms with E-state index in [2.05, 4.69) is 10.4 Å². The highest BCUT2D eigenvalue weighted by Gasteiger charge is 2.10. The van der Waals surface area contributed by atoms with Gasteiger partial charge in [0.25, 0.3) is 5.56 Å². The fourth-order valence-corrected chi connectivity index (χ4v) is 2.13. The van der Waals surface area contributed by atoms with Gasteiger partial charge in [0.1, 0.15) is 5.02 Å². The molecule has 6 heteroatoms. The molecule has 16 heavy (non-hydrogen) atoms. The first-order valence-corrected chi connectivity index (χ1v) is 6.88. The number of aromatic nitrogens is 2. The Balaban J connectivity index is 2.90. The molecule has 1 atom stereocenters. The molecule has 0 spiro atoms. The van der Waals surface area contributed by atoms with Crippen molar-refractivity contribution in [2.75, 3.05) is 17.3 Å². The molecule has 1 N–H and O–H groups in total. The van der Waals surface area contributed by atoms with Gasteiger partial charge in [-0.05, 0) is 20.1 Å². The van der Waals surface area contributed by atoms with Gasteiger partial charge in [0, 0.05) is 18.3 Å². The standard InChI is InChI=1S/C10H16ClN3OS/c1-4-14-10(15)9(11)8(5-12-14)13-7(2)6-16-3/h5,7,13H,4,6H2,1-3H3. The topological polar surface area (TPSA) is 46.9 Å². The minimum Gasteiger partial charge on any atom is -0.379 e. The predicted molar refractivity (Wildman–Crippen MR) is 70.6 cm³/mol. The Bertz CT molecular complexity index is 408. The largest absolute Gasteiger partial charge is 0.379 e. The first-order valence-electron chi connectivity index (χ1n) is 5.11. The highest BCUT2D eigenvalue weighted by Crippen LogP contribution is 2.17. The van der Waals surface area contributed by atoms with Crippen molar-refractivity contribution >= 4 is 29.1 Å². The van der Waals surface area contributed by atoms with Gasteiger partial charge in [0.2, 0.25) is 0 Å². The van der Waals surface area contributed by atoms with Crippen molar-refractivity contribution < 1.29 is 0 Å². The van der Waals surface area contributed by atoms with E-state index in [1.807, 2.05) is 20.1 Å². The molecule has 0 saturated carbocycles. The maximum atomic E-state index is 11.7. The number of anilines is 1. The minimum atomic E-state index is -0.245. The van der Waals surface area contributed by atoms with Gasteiger partial charge in [0.05, 0.1) is 11.9 Å². The van der Waals surface area contributed by atoms with E-state index in [1.165, 1.54) is 4.68 Å². The first-order chi connectivity index (χ1) is 7.60. The van der Waals surface area contributed by atoms with Gasteiger partial charge in [-0.25, -0.2) is 4.68 Å². The van der Waals surface area contributed by atoms with E-state index < -0.39 is 0 Å². The summed E-state index contributed by atoms with van der Waals surface area (Å²) < 4.78 is 1.34. The Morgan fingerprint density at radius 3 is 2.94 bits per heavy atom. The molecule has 0 aromatic carbocycles. The second-order valence-electron chi connectivity index (χ2n) is 3.49. The molecule has 1 unspecified atom stereocenters. The van der Waals surface area contributed by atoms with Crippen LogP contribution in [0.1, 0.15) is 13.8 Å². The van der Waals surface area contributed by atoms with Crippen molar-refractivity contribution in [2.45, 2.75) is 26.4 Å². The third-order valence-electron chi connectivity index (χ3n) is 2.10. The highest BCUT2D eigenvalue weighted by molar-refractivity contribution is 7.98. The lowest BCUT2D eigenvalue weighted by molar-refractivity contribution is 0.616. The molecule has 0 aliphatic carbocycles. The van der Waals surface area contributed by atoms with E-state index >= 15 is 0 Å². The third-order valence-corrected chi connectivity index (χ3v) is 3.30. The van der Waals surface area contributed by atoms with E-state index in [-0.39, 0.29) is 16.6 Å². The number of nitrogens with zero attached hydrogens (tertiary/aromatic N) is 2. The smallest absolute Gasteiger partial charge is 0.287 e. The molecule has 0 bridgehead atoms. The summed E-state index contributed by atoms with van der Waals surface area (Å²) in [5.74, 6) is 0.952. The second kappa shape index (κ2) is 6.15. The van der Waals surface area contributed by atoms with Gasteiger partial charge in [-0.2, -0.15) is 16.9 Å². The number of nitrogens with one attached hydrogen (secondary N) is 1. The lowest BCUT2D eigenvalue weighted by atomic mass is 10.3. The van der Waals surface area contributed by atoms with Crippen LogP contribution in [-0.4, -0.2) is 27.8 Å². The van der Waals surface area contributed by atoms with Crippen LogP contribution in [0.25, 0.3) is 0 Å². The highest BCUT2D eigenvalue weighted by atomic mass is 35.5.